The Morgan fingerprint density at radius 3 is 2.47 bits per heavy atom. The molecule has 2 heteroatoms. The van der Waals surface area contributed by atoms with E-state index in [1.807, 2.05) is 19.1 Å². The highest BCUT2D eigenvalue weighted by Gasteiger charge is 2.08. The Morgan fingerprint density at radius 1 is 1.16 bits per heavy atom. The molecule has 0 amide bonds. The summed E-state index contributed by atoms with van der Waals surface area (Å²) < 4.78 is 5.64. The summed E-state index contributed by atoms with van der Waals surface area (Å²) in [4.78, 5) is 0. The van der Waals surface area contributed by atoms with Crippen LogP contribution in [0.2, 0.25) is 0 Å². The summed E-state index contributed by atoms with van der Waals surface area (Å²) in [7, 11) is 0. The van der Waals surface area contributed by atoms with Gasteiger partial charge in [-0.1, -0.05) is 36.4 Å². The van der Waals surface area contributed by atoms with E-state index in [1.54, 1.807) is 0 Å². The Kier molecular flexibility index (Phi) is 6.82. The molecule has 0 atom stereocenters. The normalized spacial score (nSPS) is 12.2. The highest BCUT2D eigenvalue weighted by atomic mass is 16.5. The molecule has 106 valence electrons. The molecule has 1 aromatic rings. The van der Waals surface area contributed by atoms with Crippen LogP contribution < -0.4 is 5.32 Å². The summed E-state index contributed by atoms with van der Waals surface area (Å²) in [6, 6.07) is 8.53. The third-order valence-corrected chi connectivity index (χ3v) is 2.88. The highest BCUT2D eigenvalue weighted by molar-refractivity contribution is 5.26. The standard InChI is InChI=1S/C17H27NO/c1-5-6-13-19-14-16-10-8-7-9-15(16)11-12-18-17(2,3)4/h5-10,18H,11-14H2,1-4H3/b6-5+. The second-order valence-electron chi connectivity index (χ2n) is 5.78. The smallest absolute Gasteiger partial charge is 0.0723 e. The summed E-state index contributed by atoms with van der Waals surface area (Å²) in [5, 5.41) is 3.52. The van der Waals surface area contributed by atoms with Gasteiger partial charge in [-0.05, 0) is 51.8 Å². The van der Waals surface area contributed by atoms with Crippen molar-refractivity contribution in [2.45, 2.75) is 46.3 Å². The summed E-state index contributed by atoms with van der Waals surface area (Å²) in [5.74, 6) is 0. The number of benzene rings is 1. The summed E-state index contributed by atoms with van der Waals surface area (Å²) in [5.41, 5.74) is 2.85. The van der Waals surface area contributed by atoms with Crippen LogP contribution in [0.4, 0.5) is 0 Å². The van der Waals surface area contributed by atoms with Crippen molar-refractivity contribution < 1.29 is 4.74 Å². The lowest BCUT2D eigenvalue weighted by molar-refractivity contribution is 0.148. The molecule has 0 saturated carbocycles. The van der Waals surface area contributed by atoms with Gasteiger partial charge in [0.05, 0.1) is 13.2 Å². The molecular weight excluding hydrogens is 234 g/mol. The number of allylic oxidation sites excluding steroid dienone is 1. The van der Waals surface area contributed by atoms with Gasteiger partial charge in [0.25, 0.3) is 0 Å². The van der Waals surface area contributed by atoms with Crippen LogP contribution in [0.5, 0.6) is 0 Å². The summed E-state index contributed by atoms with van der Waals surface area (Å²) >= 11 is 0. The predicted octanol–water partition coefficient (Wildman–Crippen LogP) is 3.71. The fourth-order valence-electron chi connectivity index (χ4n) is 1.85. The third-order valence-electron chi connectivity index (χ3n) is 2.88. The first kappa shape index (κ1) is 15.9. The van der Waals surface area contributed by atoms with E-state index >= 15 is 0 Å². The Hall–Kier alpha value is -1.12. The van der Waals surface area contributed by atoms with Crippen molar-refractivity contribution in [2.24, 2.45) is 0 Å². The van der Waals surface area contributed by atoms with Crippen molar-refractivity contribution in [1.82, 2.24) is 5.32 Å². The molecule has 0 aliphatic carbocycles. The van der Waals surface area contributed by atoms with Crippen molar-refractivity contribution in [2.75, 3.05) is 13.2 Å². The minimum atomic E-state index is 0.178. The molecule has 0 unspecified atom stereocenters. The first-order chi connectivity index (χ1) is 9.03. The predicted molar refractivity (Wildman–Crippen MR) is 82.4 cm³/mol. The van der Waals surface area contributed by atoms with Crippen molar-refractivity contribution >= 4 is 0 Å². The fraction of sp³-hybridized carbons (Fsp3) is 0.529. The molecule has 19 heavy (non-hydrogen) atoms. The molecule has 0 heterocycles. The monoisotopic (exact) mass is 261 g/mol. The molecule has 0 aliphatic heterocycles. The molecule has 1 rings (SSSR count). The minimum Gasteiger partial charge on any atom is -0.373 e. The van der Waals surface area contributed by atoms with Gasteiger partial charge < -0.3 is 10.1 Å². The lowest BCUT2D eigenvalue weighted by Gasteiger charge is -2.21. The van der Waals surface area contributed by atoms with Crippen LogP contribution >= 0.6 is 0 Å². The van der Waals surface area contributed by atoms with Gasteiger partial charge in [0.15, 0.2) is 0 Å². The maximum atomic E-state index is 5.64. The van der Waals surface area contributed by atoms with E-state index in [1.165, 1.54) is 11.1 Å². The number of rotatable bonds is 7. The Morgan fingerprint density at radius 2 is 1.84 bits per heavy atom. The molecule has 0 bridgehead atoms. The average Bonchev–Trinajstić information content (AvgIpc) is 2.35. The quantitative estimate of drug-likeness (QED) is 0.597. The van der Waals surface area contributed by atoms with Crippen molar-refractivity contribution in [1.29, 1.82) is 0 Å². The second-order valence-corrected chi connectivity index (χ2v) is 5.78. The molecule has 0 radical (unpaired) electrons. The first-order valence-corrected chi connectivity index (χ1v) is 7.03. The zero-order valence-corrected chi connectivity index (χ0v) is 12.7. The van der Waals surface area contributed by atoms with Crippen molar-refractivity contribution in [3.63, 3.8) is 0 Å². The highest BCUT2D eigenvalue weighted by Crippen LogP contribution is 2.11. The SMILES string of the molecule is C/C=C/COCc1ccccc1CCNC(C)(C)C. The van der Waals surface area contributed by atoms with Crippen LogP contribution in [-0.2, 0) is 17.8 Å². The van der Waals surface area contributed by atoms with Gasteiger partial charge in [0.2, 0.25) is 0 Å². The van der Waals surface area contributed by atoms with Gasteiger partial charge in [0.1, 0.15) is 0 Å². The van der Waals surface area contributed by atoms with Crippen LogP contribution in [0, 0.1) is 0 Å². The molecule has 0 spiro atoms. The molecule has 0 saturated heterocycles. The zero-order valence-electron chi connectivity index (χ0n) is 12.7. The molecular formula is C17H27NO. The molecule has 0 aliphatic rings. The van der Waals surface area contributed by atoms with Crippen molar-refractivity contribution in [3.8, 4) is 0 Å². The van der Waals surface area contributed by atoms with Crippen LogP contribution in [0.15, 0.2) is 36.4 Å². The Labute approximate surface area is 117 Å². The Bertz CT molecular complexity index is 390. The average molecular weight is 261 g/mol. The van der Waals surface area contributed by atoms with E-state index in [-0.39, 0.29) is 5.54 Å². The lowest BCUT2D eigenvalue weighted by atomic mass is 10.0. The van der Waals surface area contributed by atoms with Gasteiger partial charge in [-0.25, -0.2) is 0 Å². The second kappa shape index (κ2) is 8.13. The number of ether oxygens (including phenoxy) is 1. The van der Waals surface area contributed by atoms with Gasteiger partial charge in [-0.3, -0.25) is 0 Å². The number of hydrogen-bond acceptors (Lipinski definition) is 2. The largest absolute Gasteiger partial charge is 0.373 e. The fourth-order valence-corrected chi connectivity index (χ4v) is 1.85. The number of nitrogens with one attached hydrogen (secondary N) is 1. The third kappa shape index (κ3) is 7.14. The molecule has 2 nitrogen and oxygen atoms in total. The van der Waals surface area contributed by atoms with Crippen LogP contribution in [0.25, 0.3) is 0 Å². The first-order valence-electron chi connectivity index (χ1n) is 7.03. The van der Waals surface area contributed by atoms with E-state index < -0.39 is 0 Å². The van der Waals surface area contributed by atoms with E-state index in [0.717, 1.165) is 13.0 Å². The van der Waals surface area contributed by atoms with Gasteiger partial charge in [0, 0.05) is 5.54 Å². The van der Waals surface area contributed by atoms with Crippen molar-refractivity contribution in [3.05, 3.63) is 47.5 Å². The maximum absolute atomic E-state index is 5.64. The minimum absolute atomic E-state index is 0.178. The summed E-state index contributed by atoms with van der Waals surface area (Å²) in [6.07, 6.45) is 5.09. The van der Waals surface area contributed by atoms with Crippen LogP contribution in [-0.4, -0.2) is 18.7 Å². The van der Waals surface area contributed by atoms with E-state index in [0.29, 0.717) is 13.2 Å². The van der Waals surface area contributed by atoms with E-state index in [2.05, 4.69) is 50.4 Å². The number of hydrogen-bond donors (Lipinski definition) is 1. The van der Waals surface area contributed by atoms with Gasteiger partial charge in [-0.15, -0.1) is 0 Å². The molecule has 1 aromatic carbocycles. The van der Waals surface area contributed by atoms with E-state index in [9.17, 15) is 0 Å². The summed E-state index contributed by atoms with van der Waals surface area (Å²) in [6.45, 7) is 11.0. The zero-order chi connectivity index (χ0) is 14.1. The van der Waals surface area contributed by atoms with Crippen LogP contribution in [0.3, 0.4) is 0 Å². The maximum Gasteiger partial charge on any atom is 0.0723 e. The van der Waals surface area contributed by atoms with Crippen LogP contribution in [0.1, 0.15) is 38.8 Å². The topological polar surface area (TPSA) is 21.3 Å². The van der Waals surface area contributed by atoms with Gasteiger partial charge in [-0.2, -0.15) is 0 Å². The Balaban J connectivity index is 2.48. The molecule has 1 N–H and O–H groups in total. The van der Waals surface area contributed by atoms with E-state index in [4.69, 9.17) is 4.74 Å². The lowest BCUT2D eigenvalue weighted by Crippen LogP contribution is -2.37. The molecule has 0 aromatic heterocycles. The van der Waals surface area contributed by atoms with Gasteiger partial charge >= 0.3 is 0 Å². The molecule has 0 fully saturated rings.